The lowest BCUT2D eigenvalue weighted by molar-refractivity contribution is -0.111. The van der Waals surface area contributed by atoms with Crippen LogP contribution < -0.4 is 10.2 Å². The molecule has 1 amide bonds. The molecule has 0 bridgehead atoms. The van der Waals surface area contributed by atoms with E-state index in [1.54, 1.807) is 0 Å². The topological polar surface area (TPSA) is 49.4 Å². The zero-order valence-corrected chi connectivity index (χ0v) is 15.8. The second-order valence-corrected chi connectivity index (χ2v) is 9.07. The van der Waals surface area contributed by atoms with Crippen molar-refractivity contribution >= 4 is 17.9 Å². The first-order chi connectivity index (χ1) is 11.7. The number of nitrogens with zero attached hydrogens (tertiary/aromatic N) is 1. The van der Waals surface area contributed by atoms with E-state index in [4.69, 9.17) is 0 Å². The van der Waals surface area contributed by atoms with Crippen LogP contribution in [-0.2, 0) is 4.79 Å². The Bertz CT molecular complexity index is 626. The third-order valence-electron chi connectivity index (χ3n) is 5.98. The molecule has 1 aromatic carbocycles. The predicted molar refractivity (Wildman–Crippen MR) is 101 cm³/mol. The van der Waals surface area contributed by atoms with Gasteiger partial charge in [0, 0.05) is 36.3 Å². The summed E-state index contributed by atoms with van der Waals surface area (Å²) in [7, 11) is 0. The number of aldehydes is 1. The van der Waals surface area contributed by atoms with Gasteiger partial charge in [-0.25, -0.2) is 0 Å². The van der Waals surface area contributed by atoms with Crippen LogP contribution in [0.3, 0.4) is 0 Å². The number of nitrogens with one attached hydrogen (secondary N) is 1. The average Bonchev–Trinajstić information content (AvgIpc) is 2.58. The summed E-state index contributed by atoms with van der Waals surface area (Å²) >= 11 is 0. The molecule has 1 heterocycles. The average molecular weight is 342 g/mol. The molecule has 1 saturated carbocycles. The normalized spacial score (nSPS) is 23.0. The highest BCUT2D eigenvalue weighted by molar-refractivity contribution is 5.95. The zero-order chi connectivity index (χ0) is 18.2. The molecule has 1 aromatic rings. The molecule has 0 spiro atoms. The van der Waals surface area contributed by atoms with Crippen molar-refractivity contribution in [3.63, 3.8) is 0 Å². The third kappa shape index (κ3) is 3.58. The Balaban J connectivity index is 1.62. The van der Waals surface area contributed by atoms with Gasteiger partial charge in [0.2, 0.25) is 0 Å². The third-order valence-corrected chi connectivity index (χ3v) is 5.98. The number of rotatable bonds is 4. The fourth-order valence-corrected chi connectivity index (χ4v) is 5.03. The first kappa shape index (κ1) is 18.0. The van der Waals surface area contributed by atoms with E-state index < -0.39 is 0 Å². The quantitative estimate of drug-likeness (QED) is 0.850. The van der Waals surface area contributed by atoms with Gasteiger partial charge in [-0.3, -0.25) is 4.79 Å². The van der Waals surface area contributed by atoms with E-state index in [1.807, 2.05) is 24.3 Å². The van der Waals surface area contributed by atoms with Crippen LogP contribution >= 0.6 is 0 Å². The van der Waals surface area contributed by atoms with E-state index in [2.05, 4.69) is 37.9 Å². The van der Waals surface area contributed by atoms with Crippen LogP contribution in [-0.4, -0.2) is 31.3 Å². The molecule has 4 heteroatoms. The number of anilines is 1. The first-order valence-electron chi connectivity index (χ1n) is 9.34. The lowest BCUT2D eigenvalue weighted by Crippen LogP contribution is -2.63. The summed E-state index contributed by atoms with van der Waals surface area (Å²) in [6.45, 7) is 10.7. The Morgan fingerprint density at radius 2 is 1.64 bits per heavy atom. The Morgan fingerprint density at radius 1 is 1.08 bits per heavy atom. The standard InChI is InChI=1S/C21H30N2O2/c1-20(2)14-21(3,4)19(20)22-18(25)16-5-7-17(8-6-16)23-11-9-15(13-24)10-12-23/h5-8,13,15,19H,9-12,14H2,1-4H3,(H,22,25). The summed E-state index contributed by atoms with van der Waals surface area (Å²) in [6, 6.07) is 8.07. The molecule has 3 rings (SSSR count). The minimum absolute atomic E-state index is 0.0112. The van der Waals surface area contributed by atoms with Crippen LogP contribution in [0.25, 0.3) is 0 Å². The summed E-state index contributed by atoms with van der Waals surface area (Å²) in [5.41, 5.74) is 2.15. The minimum Gasteiger partial charge on any atom is -0.371 e. The highest BCUT2D eigenvalue weighted by atomic mass is 16.1. The zero-order valence-electron chi connectivity index (χ0n) is 15.8. The Kier molecular flexibility index (Phi) is 4.65. The molecule has 1 aliphatic carbocycles. The van der Waals surface area contributed by atoms with Crippen molar-refractivity contribution in [2.75, 3.05) is 18.0 Å². The number of amides is 1. The monoisotopic (exact) mass is 342 g/mol. The SMILES string of the molecule is CC1(C)CC(C)(C)C1NC(=O)c1ccc(N2CCC(C=O)CC2)cc1. The smallest absolute Gasteiger partial charge is 0.251 e. The molecule has 0 radical (unpaired) electrons. The number of hydrogen-bond acceptors (Lipinski definition) is 3. The summed E-state index contributed by atoms with van der Waals surface area (Å²) < 4.78 is 0. The van der Waals surface area contributed by atoms with Gasteiger partial charge in [0.05, 0.1) is 0 Å². The fraction of sp³-hybridized carbons (Fsp3) is 0.619. The largest absolute Gasteiger partial charge is 0.371 e. The second kappa shape index (κ2) is 6.47. The maximum absolute atomic E-state index is 12.6. The van der Waals surface area contributed by atoms with Crippen molar-refractivity contribution in [2.45, 2.75) is 53.0 Å². The lowest BCUT2D eigenvalue weighted by atomic mass is 9.52. The van der Waals surface area contributed by atoms with Crippen LogP contribution in [0, 0.1) is 16.7 Å². The van der Waals surface area contributed by atoms with Gasteiger partial charge < -0.3 is 15.0 Å². The number of carbonyl (C=O) groups is 2. The summed E-state index contributed by atoms with van der Waals surface area (Å²) in [4.78, 5) is 25.8. The molecule has 2 fully saturated rings. The summed E-state index contributed by atoms with van der Waals surface area (Å²) in [5.74, 6) is 0.215. The van der Waals surface area contributed by atoms with Crippen molar-refractivity contribution in [3.8, 4) is 0 Å². The van der Waals surface area contributed by atoms with Gasteiger partial charge in [0.15, 0.2) is 0 Å². The van der Waals surface area contributed by atoms with E-state index >= 15 is 0 Å². The van der Waals surface area contributed by atoms with Crippen LogP contribution in [0.2, 0.25) is 0 Å². The first-order valence-corrected chi connectivity index (χ1v) is 9.34. The molecular formula is C21H30N2O2. The van der Waals surface area contributed by atoms with Crippen LogP contribution in [0.15, 0.2) is 24.3 Å². The maximum Gasteiger partial charge on any atom is 0.251 e. The van der Waals surface area contributed by atoms with E-state index in [1.165, 1.54) is 0 Å². The molecule has 136 valence electrons. The number of hydrogen-bond donors (Lipinski definition) is 1. The van der Waals surface area contributed by atoms with E-state index in [0.717, 1.165) is 44.3 Å². The van der Waals surface area contributed by atoms with Gasteiger partial charge in [0.1, 0.15) is 6.29 Å². The molecule has 1 aliphatic heterocycles. The van der Waals surface area contributed by atoms with E-state index in [9.17, 15) is 9.59 Å². The highest BCUT2D eigenvalue weighted by Crippen LogP contribution is 2.53. The van der Waals surface area contributed by atoms with Gasteiger partial charge in [0.25, 0.3) is 5.91 Å². The van der Waals surface area contributed by atoms with Crippen LogP contribution in [0.4, 0.5) is 5.69 Å². The molecule has 1 N–H and O–H groups in total. The molecule has 2 aliphatic rings. The van der Waals surface area contributed by atoms with Crippen molar-refractivity contribution in [1.29, 1.82) is 0 Å². The fourth-order valence-electron chi connectivity index (χ4n) is 5.03. The predicted octanol–water partition coefficient (Wildman–Crippen LogP) is 3.66. The Hall–Kier alpha value is -1.84. The minimum atomic E-state index is 0.0112. The van der Waals surface area contributed by atoms with E-state index in [-0.39, 0.29) is 28.7 Å². The summed E-state index contributed by atoms with van der Waals surface area (Å²) in [5, 5.41) is 3.23. The molecule has 0 aromatic heterocycles. The Morgan fingerprint density at radius 3 is 2.12 bits per heavy atom. The number of carbonyl (C=O) groups excluding carboxylic acids is 2. The van der Waals surface area contributed by atoms with Crippen molar-refractivity contribution < 1.29 is 9.59 Å². The molecule has 4 nitrogen and oxygen atoms in total. The van der Waals surface area contributed by atoms with Crippen molar-refractivity contribution in [2.24, 2.45) is 16.7 Å². The van der Waals surface area contributed by atoms with Gasteiger partial charge in [-0.15, -0.1) is 0 Å². The number of piperidine rings is 1. The molecule has 0 atom stereocenters. The van der Waals surface area contributed by atoms with Crippen molar-refractivity contribution in [1.82, 2.24) is 5.32 Å². The van der Waals surface area contributed by atoms with Gasteiger partial charge in [-0.05, 0) is 54.4 Å². The molecular weight excluding hydrogens is 312 g/mol. The van der Waals surface area contributed by atoms with Gasteiger partial charge >= 0.3 is 0 Å². The Labute approximate surface area is 151 Å². The second-order valence-electron chi connectivity index (χ2n) is 9.07. The van der Waals surface area contributed by atoms with Crippen molar-refractivity contribution in [3.05, 3.63) is 29.8 Å². The van der Waals surface area contributed by atoms with E-state index in [0.29, 0.717) is 5.56 Å². The molecule has 25 heavy (non-hydrogen) atoms. The van der Waals surface area contributed by atoms with Gasteiger partial charge in [-0.2, -0.15) is 0 Å². The highest BCUT2D eigenvalue weighted by Gasteiger charge is 2.53. The lowest BCUT2D eigenvalue weighted by Gasteiger charge is -2.57. The maximum atomic E-state index is 12.6. The number of benzene rings is 1. The van der Waals surface area contributed by atoms with Gasteiger partial charge in [-0.1, -0.05) is 27.7 Å². The van der Waals surface area contributed by atoms with Crippen LogP contribution in [0.5, 0.6) is 0 Å². The summed E-state index contributed by atoms with van der Waals surface area (Å²) in [6.07, 6.45) is 4.03. The molecule has 0 unspecified atom stereocenters. The van der Waals surface area contributed by atoms with Crippen LogP contribution in [0.1, 0.15) is 57.3 Å². The molecule has 1 saturated heterocycles.